The van der Waals surface area contributed by atoms with Crippen LogP contribution < -0.4 is 29.6 Å². The fraction of sp³-hybridized carbons (Fsp3) is 0. The van der Waals surface area contributed by atoms with E-state index in [2.05, 4.69) is 0 Å². The van der Waals surface area contributed by atoms with Gasteiger partial charge < -0.3 is 19.4 Å². The summed E-state index contributed by atoms with van der Waals surface area (Å²) in [6.07, 6.45) is 0. The van der Waals surface area contributed by atoms with Crippen molar-refractivity contribution < 1.29 is 48.9 Å². The summed E-state index contributed by atoms with van der Waals surface area (Å²) in [4.78, 5) is 8.00. The normalized spacial score (nSPS) is 2.75. The van der Waals surface area contributed by atoms with Crippen molar-refractivity contribution in [1.29, 1.82) is 0 Å². The number of hydrogen-bond acceptors (Lipinski definition) is 4. The molecule has 0 spiro atoms. The average molecular weight is 158 g/mol. The Morgan fingerprint density at radius 3 is 1.50 bits per heavy atom. The summed E-state index contributed by atoms with van der Waals surface area (Å²) < 4.78 is 15.3. The van der Waals surface area contributed by atoms with Gasteiger partial charge in [-0.15, -0.1) is 12.3 Å². The van der Waals surface area contributed by atoms with Crippen LogP contribution in [-0.2, 0) is 10.3 Å². The zero-order valence-electron chi connectivity index (χ0n) is 4.49. The van der Waals surface area contributed by atoms with E-state index in [0.29, 0.717) is 0 Å². The molecule has 0 radical (unpaired) electrons. The van der Waals surface area contributed by atoms with Crippen LogP contribution in [0.25, 0.3) is 0 Å². The maximum absolute atomic E-state index is 8.40. The summed E-state index contributed by atoms with van der Waals surface area (Å²) in [5.74, 6) is 0. The van der Waals surface area contributed by atoms with Crippen LogP contribution in [0.3, 0.4) is 0 Å². The summed E-state index contributed by atoms with van der Waals surface area (Å²) >= 11 is -0.500. The van der Waals surface area contributed by atoms with Gasteiger partial charge in [0.15, 0.2) is 0 Å². The number of rotatable bonds is 0. The molecular formula is CH3MgNaO4S. The van der Waals surface area contributed by atoms with E-state index < -0.39 is 12.3 Å². The first-order valence-corrected chi connectivity index (χ1v) is 1.34. The van der Waals surface area contributed by atoms with E-state index in [0.717, 1.165) is 0 Å². The van der Waals surface area contributed by atoms with Crippen LogP contribution in [0.5, 0.6) is 0 Å². The standard InChI is InChI=1S/CH2O.Mg.Na.H2O2S.O/c1-2;;;1-3-2;/h1H2;;;1-2H;/q;+2;+1;;-2/p-1. The van der Waals surface area contributed by atoms with Gasteiger partial charge in [-0.05, 0) is 0 Å². The molecule has 1 N–H and O–H groups in total. The molecule has 0 amide bonds. The molecule has 0 saturated heterocycles. The molecule has 0 fully saturated rings. The maximum Gasteiger partial charge on any atom is 2.00 e. The average Bonchev–Trinajstić information content (AvgIpc) is 1.46. The summed E-state index contributed by atoms with van der Waals surface area (Å²) in [7, 11) is 0. The molecule has 0 unspecified atom stereocenters. The van der Waals surface area contributed by atoms with E-state index >= 15 is 0 Å². The molecular weight excluding hydrogens is 155 g/mol. The van der Waals surface area contributed by atoms with Crippen molar-refractivity contribution in [2.45, 2.75) is 0 Å². The summed E-state index contributed by atoms with van der Waals surface area (Å²) in [5.41, 5.74) is 0. The van der Waals surface area contributed by atoms with Gasteiger partial charge in [0, 0.05) is 0 Å². The first-order chi connectivity index (χ1) is 2.41. The second-order valence-electron chi connectivity index (χ2n) is 0.0745. The van der Waals surface area contributed by atoms with Crippen LogP contribution in [0.2, 0.25) is 0 Å². The van der Waals surface area contributed by atoms with Gasteiger partial charge in [0.25, 0.3) is 0 Å². The number of carbonyl (C=O) groups is 1. The molecule has 0 saturated carbocycles. The van der Waals surface area contributed by atoms with Crippen LogP contribution in [0.15, 0.2) is 0 Å². The second kappa shape index (κ2) is 71.6. The third kappa shape index (κ3) is 123. The van der Waals surface area contributed by atoms with E-state index in [1.54, 1.807) is 0 Å². The van der Waals surface area contributed by atoms with Gasteiger partial charge in [-0.2, -0.15) is 0 Å². The van der Waals surface area contributed by atoms with Gasteiger partial charge in [0.05, 0.1) is 0 Å². The Morgan fingerprint density at radius 2 is 1.50 bits per heavy atom. The predicted molar refractivity (Wildman–Crippen MR) is 24.6 cm³/mol. The molecule has 0 atom stereocenters. The third-order valence-electron chi connectivity index (χ3n) is 0. The summed E-state index contributed by atoms with van der Waals surface area (Å²) in [5, 5.41) is 0. The van der Waals surface area contributed by atoms with E-state index in [-0.39, 0.29) is 58.1 Å². The predicted octanol–water partition coefficient (Wildman–Crippen LogP) is -3.36. The monoisotopic (exact) mass is 158 g/mol. The summed E-state index contributed by atoms with van der Waals surface area (Å²) in [6.45, 7) is 2.00. The largest absolute Gasteiger partial charge is 2.00 e. The molecule has 0 aromatic heterocycles. The van der Waals surface area contributed by atoms with Gasteiger partial charge in [0.1, 0.15) is 6.79 Å². The van der Waals surface area contributed by atoms with Crippen LogP contribution >= 0.6 is 12.3 Å². The smallest absolute Gasteiger partial charge is 2.00 e. The zero-order chi connectivity index (χ0) is 4.71. The molecule has 0 aliphatic heterocycles. The van der Waals surface area contributed by atoms with Gasteiger partial charge in [0.2, 0.25) is 0 Å². The molecule has 0 rings (SSSR count). The van der Waals surface area contributed by atoms with Crippen LogP contribution in [-0.4, -0.2) is 38.9 Å². The SMILES string of the molecule is C=O.[Mg+2].[Na+].[O-2].[O-]SO. The third-order valence-corrected chi connectivity index (χ3v) is 0. The van der Waals surface area contributed by atoms with E-state index in [1.165, 1.54) is 0 Å². The Kier molecular flexibility index (Phi) is 299. The molecule has 0 heterocycles. The topological polar surface area (TPSA) is 88.9 Å². The minimum Gasteiger partial charge on any atom is -2.00 e. The van der Waals surface area contributed by atoms with Crippen molar-refractivity contribution in [2.24, 2.45) is 0 Å². The van der Waals surface area contributed by atoms with Crippen LogP contribution in [0, 0.1) is 0 Å². The zero-order valence-corrected chi connectivity index (χ0v) is 8.73. The molecule has 0 aliphatic rings. The van der Waals surface area contributed by atoms with Gasteiger partial charge >= 0.3 is 52.6 Å². The van der Waals surface area contributed by atoms with E-state index in [4.69, 9.17) is 13.9 Å². The first-order valence-electron chi connectivity index (χ1n) is 0.638. The first kappa shape index (κ1) is 33.3. The van der Waals surface area contributed by atoms with E-state index in [1.807, 2.05) is 6.79 Å². The fourth-order valence-corrected chi connectivity index (χ4v) is 0. The van der Waals surface area contributed by atoms with Crippen LogP contribution in [0.1, 0.15) is 0 Å². The fourth-order valence-electron chi connectivity index (χ4n) is 0. The van der Waals surface area contributed by atoms with Crippen molar-refractivity contribution in [2.75, 3.05) is 0 Å². The molecule has 40 valence electrons. The van der Waals surface area contributed by atoms with Gasteiger partial charge in [-0.1, -0.05) is 0 Å². The molecule has 4 nitrogen and oxygen atoms in total. The van der Waals surface area contributed by atoms with Gasteiger partial charge in [-0.25, -0.2) is 0 Å². The van der Waals surface area contributed by atoms with Gasteiger partial charge in [-0.3, -0.25) is 0 Å². The molecule has 0 bridgehead atoms. The Hall–Kier alpha value is 1.67. The molecule has 0 aliphatic carbocycles. The minimum absolute atomic E-state index is 0. The van der Waals surface area contributed by atoms with Crippen LogP contribution in [0.4, 0.5) is 0 Å². The van der Waals surface area contributed by atoms with Crippen molar-refractivity contribution in [1.82, 2.24) is 0 Å². The Balaban J connectivity index is -0.00000000567. The number of hydrogen-bond donors (Lipinski definition) is 1. The van der Waals surface area contributed by atoms with E-state index in [9.17, 15) is 0 Å². The Labute approximate surface area is 90.2 Å². The molecule has 0 aromatic carbocycles. The Bertz CT molecular complexity index is 20.0. The van der Waals surface area contributed by atoms with Crippen molar-refractivity contribution in [3.8, 4) is 0 Å². The van der Waals surface area contributed by atoms with Crippen molar-refractivity contribution >= 4 is 42.2 Å². The second-order valence-corrected chi connectivity index (χ2v) is 0.224. The molecule has 0 aromatic rings. The number of carbonyl (C=O) groups excluding carboxylic acids is 1. The molecule has 7 heteroatoms. The Morgan fingerprint density at radius 1 is 1.50 bits per heavy atom. The summed E-state index contributed by atoms with van der Waals surface area (Å²) in [6, 6.07) is 0. The quantitative estimate of drug-likeness (QED) is 0.295. The minimum atomic E-state index is -0.500. The molecule has 8 heavy (non-hydrogen) atoms. The maximum atomic E-state index is 8.40. The van der Waals surface area contributed by atoms with Crippen molar-refractivity contribution in [3.05, 3.63) is 0 Å². The van der Waals surface area contributed by atoms with Crippen molar-refractivity contribution in [3.63, 3.8) is 0 Å².